The second-order valence-electron chi connectivity index (χ2n) is 9.14. The quantitative estimate of drug-likeness (QED) is 0.440. The summed E-state index contributed by atoms with van der Waals surface area (Å²) in [5, 5.41) is 13.4. The summed E-state index contributed by atoms with van der Waals surface area (Å²) in [5.74, 6) is -0.617. The van der Waals surface area contributed by atoms with Crippen LogP contribution in [0.25, 0.3) is 10.9 Å². The number of anilines is 1. The smallest absolute Gasteiger partial charge is 0.309 e. The molecule has 0 spiro atoms. The summed E-state index contributed by atoms with van der Waals surface area (Å²) in [6.07, 6.45) is 1.93. The predicted molar refractivity (Wildman–Crippen MR) is 136 cm³/mol. The fourth-order valence-electron chi connectivity index (χ4n) is 3.89. The Hall–Kier alpha value is -2.81. The molecule has 180 valence electrons. The Morgan fingerprint density at radius 1 is 1.06 bits per heavy atom. The Bertz CT molecular complexity index is 1170. The summed E-state index contributed by atoms with van der Waals surface area (Å²) >= 11 is 1.44. The van der Waals surface area contributed by atoms with Gasteiger partial charge in [0.2, 0.25) is 0 Å². The summed E-state index contributed by atoms with van der Waals surface area (Å²) in [5.41, 5.74) is 1.48. The second kappa shape index (κ2) is 10.6. The van der Waals surface area contributed by atoms with Crippen LogP contribution in [0.3, 0.4) is 0 Å². The van der Waals surface area contributed by atoms with E-state index < -0.39 is 11.4 Å². The third kappa shape index (κ3) is 5.63. The van der Waals surface area contributed by atoms with Crippen LogP contribution < -0.4 is 5.32 Å². The number of carbonyl (C=O) groups excluding carboxylic acids is 1. The Morgan fingerprint density at radius 3 is 2.53 bits per heavy atom. The normalized spacial score (nSPS) is 14.9. The molecule has 2 aromatic carbocycles. The van der Waals surface area contributed by atoms with Gasteiger partial charge in [-0.15, -0.1) is 11.8 Å². The Kier molecular flexibility index (Phi) is 7.60. The summed E-state index contributed by atoms with van der Waals surface area (Å²) in [4.78, 5) is 28.1. The van der Waals surface area contributed by atoms with Crippen LogP contribution in [0.5, 0.6) is 0 Å². The van der Waals surface area contributed by atoms with Crippen LogP contribution in [0.4, 0.5) is 5.69 Å². The number of carboxylic acid groups (broad SMARTS) is 1. The molecular weight excluding hydrogens is 450 g/mol. The van der Waals surface area contributed by atoms with Gasteiger partial charge in [-0.25, -0.2) is 0 Å². The molecule has 0 bridgehead atoms. The first kappa shape index (κ1) is 24.3. The number of aliphatic carboxylic acids is 1. The lowest BCUT2D eigenvalue weighted by Gasteiger charge is -2.26. The average Bonchev–Trinajstić information content (AvgIpc) is 3.22. The largest absolute Gasteiger partial charge is 0.481 e. The van der Waals surface area contributed by atoms with E-state index in [0.717, 1.165) is 55.2 Å². The summed E-state index contributed by atoms with van der Waals surface area (Å²) in [6.45, 7) is 8.50. The van der Waals surface area contributed by atoms with Crippen LogP contribution in [-0.2, 0) is 16.1 Å². The number of para-hydroxylation sites is 2. The molecule has 8 heteroatoms. The van der Waals surface area contributed by atoms with Crippen molar-refractivity contribution in [2.24, 2.45) is 5.41 Å². The van der Waals surface area contributed by atoms with Crippen molar-refractivity contribution in [3.05, 3.63) is 60.3 Å². The van der Waals surface area contributed by atoms with Crippen LogP contribution in [-0.4, -0.2) is 65.1 Å². The van der Waals surface area contributed by atoms with E-state index in [1.165, 1.54) is 11.8 Å². The number of nitrogens with zero attached hydrogens (tertiary/aromatic N) is 2. The molecule has 1 saturated heterocycles. The van der Waals surface area contributed by atoms with Crippen molar-refractivity contribution in [3.63, 3.8) is 0 Å². The molecule has 4 rings (SSSR count). The highest BCUT2D eigenvalue weighted by atomic mass is 32.2. The first-order chi connectivity index (χ1) is 16.3. The number of aromatic nitrogens is 1. The van der Waals surface area contributed by atoms with Gasteiger partial charge in [-0.3, -0.25) is 14.5 Å². The molecule has 1 fully saturated rings. The van der Waals surface area contributed by atoms with Crippen molar-refractivity contribution in [3.8, 4) is 0 Å². The molecule has 0 unspecified atom stereocenters. The molecule has 0 saturated carbocycles. The highest BCUT2D eigenvalue weighted by Gasteiger charge is 2.27. The topological polar surface area (TPSA) is 83.8 Å². The number of nitrogens with one attached hydrogen (secondary N) is 1. The van der Waals surface area contributed by atoms with E-state index in [2.05, 4.69) is 14.8 Å². The van der Waals surface area contributed by atoms with E-state index in [0.29, 0.717) is 17.0 Å². The van der Waals surface area contributed by atoms with Gasteiger partial charge in [0.1, 0.15) is 0 Å². The van der Waals surface area contributed by atoms with E-state index in [9.17, 15) is 14.7 Å². The van der Waals surface area contributed by atoms with Crippen molar-refractivity contribution >= 4 is 40.2 Å². The minimum absolute atomic E-state index is 0.174. The van der Waals surface area contributed by atoms with Gasteiger partial charge in [-0.2, -0.15) is 0 Å². The zero-order valence-electron chi connectivity index (χ0n) is 19.6. The number of rotatable bonds is 9. The summed E-state index contributed by atoms with van der Waals surface area (Å²) in [7, 11) is 0. The van der Waals surface area contributed by atoms with Crippen LogP contribution in [0.1, 0.15) is 24.2 Å². The number of carboxylic acids is 1. The van der Waals surface area contributed by atoms with Crippen molar-refractivity contribution in [1.29, 1.82) is 0 Å². The first-order valence-corrected chi connectivity index (χ1v) is 12.5. The molecule has 1 aliphatic heterocycles. The second-order valence-corrected chi connectivity index (χ2v) is 10.2. The van der Waals surface area contributed by atoms with Gasteiger partial charge in [-0.05, 0) is 32.0 Å². The number of fused-ring (bicyclic) bond motifs is 1. The molecule has 1 amide bonds. The number of hydrogen-bond donors (Lipinski definition) is 2. The number of morpholine rings is 1. The minimum atomic E-state index is -0.865. The lowest BCUT2D eigenvalue weighted by Crippen LogP contribution is -2.38. The lowest BCUT2D eigenvalue weighted by atomic mass is 9.97. The number of hydrogen-bond acceptors (Lipinski definition) is 5. The maximum absolute atomic E-state index is 13.4. The van der Waals surface area contributed by atoms with Crippen molar-refractivity contribution in [2.45, 2.75) is 25.3 Å². The van der Waals surface area contributed by atoms with E-state index >= 15 is 0 Å². The number of carbonyl (C=O) groups is 2. The Morgan fingerprint density at radius 2 is 1.76 bits per heavy atom. The average molecular weight is 482 g/mol. The SMILES string of the molecule is CC(C)(CSc1ccccc1NC(=O)c1cn(CCN2CCOCC2)c2ccccc12)C(=O)O. The van der Waals surface area contributed by atoms with Crippen molar-refractivity contribution < 1.29 is 19.4 Å². The molecule has 2 heterocycles. The molecular formula is C26H31N3O4S. The molecule has 34 heavy (non-hydrogen) atoms. The van der Waals surface area contributed by atoms with Gasteiger partial charge in [-0.1, -0.05) is 30.3 Å². The Balaban J connectivity index is 1.52. The summed E-state index contributed by atoms with van der Waals surface area (Å²) in [6, 6.07) is 15.5. The highest BCUT2D eigenvalue weighted by molar-refractivity contribution is 7.99. The van der Waals surface area contributed by atoms with Gasteiger partial charge >= 0.3 is 5.97 Å². The molecule has 0 radical (unpaired) electrons. The molecule has 2 N–H and O–H groups in total. The maximum atomic E-state index is 13.4. The van der Waals surface area contributed by atoms with Gasteiger partial charge in [0, 0.05) is 53.9 Å². The third-order valence-corrected chi connectivity index (χ3v) is 7.63. The summed E-state index contributed by atoms with van der Waals surface area (Å²) < 4.78 is 7.59. The van der Waals surface area contributed by atoms with Crippen LogP contribution in [0, 0.1) is 5.41 Å². The van der Waals surface area contributed by atoms with Gasteiger partial charge in [0.25, 0.3) is 5.91 Å². The van der Waals surface area contributed by atoms with Gasteiger partial charge < -0.3 is 19.7 Å². The molecule has 1 aromatic heterocycles. The Labute approximate surface area is 204 Å². The highest BCUT2D eigenvalue weighted by Crippen LogP contribution is 2.33. The van der Waals surface area contributed by atoms with E-state index in [1.807, 2.05) is 54.7 Å². The van der Waals surface area contributed by atoms with Crippen molar-refractivity contribution in [2.75, 3.05) is 43.9 Å². The zero-order chi connectivity index (χ0) is 24.1. The number of benzene rings is 2. The van der Waals surface area contributed by atoms with Crippen LogP contribution >= 0.6 is 11.8 Å². The maximum Gasteiger partial charge on any atom is 0.309 e. The van der Waals surface area contributed by atoms with E-state index in [1.54, 1.807) is 13.8 Å². The standard InChI is InChI=1S/C26H31N3O4S/c1-26(2,25(31)32)18-34-23-10-6-4-8-21(23)27-24(30)20-17-29(22-9-5-3-7-19(20)22)12-11-28-13-15-33-16-14-28/h3-10,17H,11-16,18H2,1-2H3,(H,27,30)(H,31,32). The molecule has 0 atom stereocenters. The third-order valence-electron chi connectivity index (χ3n) is 6.10. The fourth-order valence-corrected chi connectivity index (χ4v) is 4.98. The number of amides is 1. The zero-order valence-corrected chi connectivity index (χ0v) is 20.4. The first-order valence-electron chi connectivity index (χ1n) is 11.5. The van der Waals surface area contributed by atoms with Gasteiger partial charge in [0.15, 0.2) is 0 Å². The fraction of sp³-hybridized carbons (Fsp3) is 0.385. The van der Waals surface area contributed by atoms with Crippen molar-refractivity contribution in [1.82, 2.24) is 9.47 Å². The molecule has 3 aromatic rings. The monoisotopic (exact) mass is 481 g/mol. The number of thioether (sulfide) groups is 1. The van der Waals surface area contributed by atoms with E-state index in [-0.39, 0.29) is 5.91 Å². The van der Waals surface area contributed by atoms with Gasteiger partial charge in [0.05, 0.1) is 29.9 Å². The predicted octanol–water partition coefficient (Wildman–Crippen LogP) is 4.43. The minimum Gasteiger partial charge on any atom is -0.481 e. The lowest BCUT2D eigenvalue weighted by molar-refractivity contribution is -0.145. The number of ether oxygens (including phenoxy) is 1. The van der Waals surface area contributed by atoms with Crippen LogP contribution in [0.2, 0.25) is 0 Å². The molecule has 0 aliphatic carbocycles. The van der Waals surface area contributed by atoms with E-state index in [4.69, 9.17) is 4.74 Å². The van der Waals surface area contributed by atoms with Crippen LogP contribution in [0.15, 0.2) is 59.6 Å². The molecule has 7 nitrogen and oxygen atoms in total. The molecule has 1 aliphatic rings.